The van der Waals surface area contributed by atoms with Crippen molar-refractivity contribution in [2.75, 3.05) is 0 Å². The van der Waals surface area contributed by atoms with Crippen molar-refractivity contribution < 1.29 is 22.9 Å². The normalized spacial score (nSPS) is 14.9. The molecular formula is C9H20NO5S. The van der Waals surface area contributed by atoms with E-state index in [1.165, 1.54) is 34.6 Å². The Morgan fingerprint density at radius 3 is 1.69 bits per heavy atom. The van der Waals surface area contributed by atoms with Gasteiger partial charge in [-0.1, -0.05) is 0 Å². The zero-order valence-corrected chi connectivity index (χ0v) is 11.1. The molecule has 7 heteroatoms. The monoisotopic (exact) mass is 254 g/mol. The van der Waals surface area contributed by atoms with Crippen LogP contribution >= 0.6 is 0 Å². The molecule has 0 aliphatic carbocycles. The van der Waals surface area contributed by atoms with E-state index in [0.717, 1.165) is 0 Å². The standard InChI is InChI=1S/C9H20NO5S/c1-7(2)16(13,14)15-10(8(3,4)11)9(5,6)12/h7,11-12H,1H2,2-6H3. The van der Waals surface area contributed by atoms with Crippen LogP contribution in [0, 0.1) is 6.92 Å². The molecule has 6 nitrogen and oxygen atoms in total. The van der Waals surface area contributed by atoms with Crippen LogP contribution in [0.4, 0.5) is 0 Å². The van der Waals surface area contributed by atoms with Gasteiger partial charge in [0.2, 0.25) is 0 Å². The van der Waals surface area contributed by atoms with Crippen molar-refractivity contribution in [3.05, 3.63) is 6.92 Å². The van der Waals surface area contributed by atoms with Crippen LogP contribution in [0.2, 0.25) is 0 Å². The molecule has 0 amide bonds. The van der Waals surface area contributed by atoms with Crippen molar-refractivity contribution in [3.8, 4) is 0 Å². The van der Waals surface area contributed by atoms with Gasteiger partial charge in [0.25, 0.3) is 10.1 Å². The molecule has 0 aliphatic heterocycles. The van der Waals surface area contributed by atoms with Crippen LogP contribution < -0.4 is 0 Å². The maximum atomic E-state index is 11.5. The first kappa shape index (κ1) is 15.8. The number of nitrogens with zero attached hydrogens (tertiary/aromatic N) is 1. The fourth-order valence-corrected chi connectivity index (χ4v) is 1.75. The highest BCUT2D eigenvalue weighted by Gasteiger charge is 2.40. The van der Waals surface area contributed by atoms with E-state index in [1.54, 1.807) is 0 Å². The maximum absolute atomic E-state index is 11.5. The smallest absolute Gasteiger partial charge is 0.286 e. The summed E-state index contributed by atoms with van der Waals surface area (Å²) in [6, 6.07) is 0. The number of aliphatic hydroxyl groups is 2. The van der Waals surface area contributed by atoms with Gasteiger partial charge in [-0.3, -0.25) is 0 Å². The Labute approximate surface area is 96.9 Å². The molecule has 0 aromatic carbocycles. The predicted molar refractivity (Wildman–Crippen MR) is 59.3 cm³/mol. The second kappa shape index (κ2) is 4.58. The van der Waals surface area contributed by atoms with Gasteiger partial charge in [-0.05, 0) is 41.5 Å². The minimum Gasteiger partial charge on any atom is -0.374 e. The molecule has 0 bridgehead atoms. The zero-order valence-electron chi connectivity index (χ0n) is 10.3. The van der Waals surface area contributed by atoms with Crippen molar-refractivity contribution in [2.45, 2.75) is 51.3 Å². The van der Waals surface area contributed by atoms with E-state index >= 15 is 0 Å². The largest absolute Gasteiger partial charge is 0.374 e. The Kier molecular flexibility index (Phi) is 4.52. The van der Waals surface area contributed by atoms with E-state index in [1.807, 2.05) is 0 Å². The summed E-state index contributed by atoms with van der Waals surface area (Å²) in [7, 11) is -3.97. The summed E-state index contributed by atoms with van der Waals surface area (Å²) in [6.45, 7) is 9.86. The molecule has 1 radical (unpaired) electrons. The Hall–Kier alpha value is -0.210. The van der Waals surface area contributed by atoms with Crippen LogP contribution in [0.15, 0.2) is 0 Å². The maximum Gasteiger partial charge on any atom is 0.286 e. The first-order valence-corrected chi connectivity index (χ1v) is 6.27. The topological polar surface area (TPSA) is 87.1 Å². The van der Waals surface area contributed by atoms with E-state index in [0.29, 0.717) is 5.06 Å². The lowest BCUT2D eigenvalue weighted by molar-refractivity contribution is -0.320. The van der Waals surface area contributed by atoms with Crippen molar-refractivity contribution in [1.29, 1.82) is 0 Å². The molecule has 0 spiro atoms. The van der Waals surface area contributed by atoms with Crippen molar-refractivity contribution >= 4 is 10.1 Å². The third-order valence-corrected chi connectivity index (χ3v) is 3.01. The van der Waals surface area contributed by atoms with Gasteiger partial charge in [0.1, 0.15) is 11.4 Å². The molecule has 0 aromatic rings. The van der Waals surface area contributed by atoms with E-state index in [9.17, 15) is 18.6 Å². The number of hydroxylamine groups is 2. The lowest BCUT2D eigenvalue weighted by Crippen LogP contribution is -2.56. The second-order valence-corrected chi connectivity index (χ2v) is 6.60. The van der Waals surface area contributed by atoms with E-state index in [-0.39, 0.29) is 0 Å². The quantitative estimate of drug-likeness (QED) is 0.539. The molecule has 0 fully saturated rings. The molecule has 0 saturated carbocycles. The van der Waals surface area contributed by atoms with Crippen molar-refractivity contribution in [3.63, 3.8) is 0 Å². The van der Waals surface area contributed by atoms with Crippen LogP contribution in [0.5, 0.6) is 0 Å². The summed E-state index contributed by atoms with van der Waals surface area (Å²) in [4.78, 5) is 0. The first-order valence-electron chi connectivity index (χ1n) is 4.80. The van der Waals surface area contributed by atoms with Gasteiger partial charge < -0.3 is 10.2 Å². The van der Waals surface area contributed by atoms with E-state index in [4.69, 9.17) is 0 Å². The summed E-state index contributed by atoms with van der Waals surface area (Å²) in [6.07, 6.45) is 0. The SMILES string of the molecule is [CH2]C(C)S(=O)(=O)ON(C(C)(C)O)C(C)(C)O. The van der Waals surface area contributed by atoms with Gasteiger partial charge in [-0.15, -0.1) is 5.06 Å². The lowest BCUT2D eigenvalue weighted by atomic mass is 10.2. The van der Waals surface area contributed by atoms with Crippen molar-refractivity contribution in [1.82, 2.24) is 5.06 Å². The summed E-state index contributed by atoms with van der Waals surface area (Å²) in [5, 5.41) is 19.0. The molecule has 0 saturated heterocycles. The van der Waals surface area contributed by atoms with Gasteiger partial charge in [0.15, 0.2) is 0 Å². The average Bonchev–Trinajstić information content (AvgIpc) is 1.95. The minimum atomic E-state index is -3.97. The zero-order chi connectivity index (χ0) is 13.4. The molecule has 0 aliphatic rings. The highest BCUT2D eigenvalue weighted by molar-refractivity contribution is 7.87. The molecule has 1 atom stereocenters. The molecule has 0 aromatic heterocycles. The van der Waals surface area contributed by atoms with Crippen LogP contribution in [0.3, 0.4) is 0 Å². The summed E-state index contributed by atoms with van der Waals surface area (Å²) >= 11 is 0. The molecular weight excluding hydrogens is 234 g/mol. The molecule has 2 N–H and O–H groups in total. The minimum absolute atomic E-state index is 0.608. The van der Waals surface area contributed by atoms with Gasteiger partial charge in [0, 0.05) is 0 Å². The number of hydrogen-bond donors (Lipinski definition) is 2. The van der Waals surface area contributed by atoms with Gasteiger partial charge in [-0.2, -0.15) is 12.7 Å². The number of rotatable bonds is 5. The molecule has 16 heavy (non-hydrogen) atoms. The average molecular weight is 254 g/mol. The van der Waals surface area contributed by atoms with Gasteiger partial charge >= 0.3 is 0 Å². The summed E-state index contributed by atoms with van der Waals surface area (Å²) in [5.41, 5.74) is -3.31. The van der Waals surface area contributed by atoms with Crippen LogP contribution in [0.1, 0.15) is 34.6 Å². The highest BCUT2D eigenvalue weighted by Crippen LogP contribution is 2.24. The van der Waals surface area contributed by atoms with Crippen LogP contribution in [-0.4, -0.2) is 40.4 Å². The predicted octanol–water partition coefficient (Wildman–Crippen LogP) is 0.229. The van der Waals surface area contributed by atoms with Gasteiger partial charge in [0.05, 0.1) is 5.25 Å². The fourth-order valence-electron chi connectivity index (χ4n) is 1.03. The first-order chi connectivity index (χ1) is 6.78. The lowest BCUT2D eigenvalue weighted by Gasteiger charge is -2.40. The summed E-state index contributed by atoms with van der Waals surface area (Å²) in [5.74, 6) is 0. The van der Waals surface area contributed by atoms with E-state index < -0.39 is 26.8 Å². The Morgan fingerprint density at radius 2 is 1.50 bits per heavy atom. The molecule has 1 unspecified atom stereocenters. The Bertz CT molecular complexity index is 309. The second-order valence-electron chi connectivity index (χ2n) is 4.66. The third kappa shape index (κ3) is 4.34. The Balaban J connectivity index is 5.15. The highest BCUT2D eigenvalue weighted by atomic mass is 32.2. The van der Waals surface area contributed by atoms with Crippen molar-refractivity contribution in [2.24, 2.45) is 0 Å². The van der Waals surface area contributed by atoms with Crippen LogP contribution in [-0.2, 0) is 14.4 Å². The molecule has 0 heterocycles. The third-order valence-electron chi connectivity index (χ3n) is 1.67. The molecule has 97 valence electrons. The number of hydrogen-bond acceptors (Lipinski definition) is 6. The Morgan fingerprint density at radius 1 is 1.19 bits per heavy atom. The van der Waals surface area contributed by atoms with Crippen LogP contribution in [0.25, 0.3) is 0 Å². The van der Waals surface area contributed by atoms with E-state index in [2.05, 4.69) is 11.2 Å². The molecule has 0 rings (SSSR count). The van der Waals surface area contributed by atoms with Gasteiger partial charge in [-0.25, -0.2) is 0 Å². The fraction of sp³-hybridized carbons (Fsp3) is 0.889. The summed E-state index contributed by atoms with van der Waals surface area (Å²) < 4.78 is 27.6.